The molecule has 26 heavy (non-hydrogen) atoms. The molecule has 4 nitrogen and oxygen atoms in total. The van der Waals surface area contributed by atoms with Crippen LogP contribution in [0, 0.1) is 6.92 Å². The maximum atomic E-state index is 12.4. The first kappa shape index (κ1) is 16.0. The third kappa shape index (κ3) is 3.44. The van der Waals surface area contributed by atoms with Gasteiger partial charge in [0.15, 0.2) is 5.76 Å². The van der Waals surface area contributed by atoms with Crippen LogP contribution in [0.1, 0.15) is 16.1 Å². The van der Waals surface area contributed by atoms with Gasteiger partial charge in [-0.15, -0.1) is 0 Å². The van der Waals surface area contributed by atoms with E-state index in [1.54, 1.807) is 18.2 Å². The summed E-state index contributed by atoms with van der Waals surface area (Å²) < 4.78 is 11.4. The molecule has 0 fully saturated rings. The zero-order valence-corrected chi connectivity index (χ0v) is 14.2. The molecule has 0 atom stereocenters. The first-order valence-corrected chi connectivity index (χ1v) is 8.32. The van der Waals surface area contributed by atoms with Crippen LogP contribution < -0.4 is 10.1 Å². The number of ether oxygens (including phenoxy) is 1. The van der Waals surface area contributed by atoms with E-state index in [4.69, 9.17) is 9.15 Å². The van der Waals surface area contributed by atoms with Crippen molar-refractivity contribution in [2.45, 2.75) is 6.92 Å². The van der Waals surface area contributed by atoms with Gasteiger partial charge in [0.05, 0.1) is 0 Å². The van der Waals surface area contributed by atoms with Gasteiger partial charge in [0.25, 0.3) is 5.91 Å². The Morgan fingerprint density at radius 2 is 1.62 bits per heavy atom. The molecule has 1 amide bonds. The number of fused-ring (bicyclic) bond motifs is 1. The van der Waals surface area contributed by atoms with E-state index in [-0.39, 0.29) is 11.7 Å². The minimum atomic E-state index is -0.282. The van der Waals surface area contributed by atoms with E-state index < -0.39 is 0 Å². The molecule has 3 aromatic carbocycles. The normalized spacial score (nSPS) is 10.7. The van der Waals surface area contributed by atoms with E-state index >= 15 is 0 Å². The van der Waals surface area contributed by atoms with Gasteiger partial charge in [-0.3, -0.25) is 4.79 Å². The van der Waals surface area contributed by atoms with Crippen molar-refractivity contribution in [3.05, 3.63) is 90.2 Å². The van der Waals surface area contributed by atoms with Gasteiger partial charge < -0.3 is 14.5 Å². The zero-order valence-electron chi connectivity index (χ0n) is 14.2. The van der Waals surface area contributed by atoms with Gasteiger partial charge >= 0.3 is 0 Å². The van der Waals surface area contributed by atoms with Gasteiger partial charge in [-0.05, 0) is 61.0 Å². The van der Waals surface area contributed by atoms with Crippen LogP contribution in [0.25, 0.3) is 11.0 Å². The molecule has 0 bridgehead atoms. The van der Waals surface area contributed by atoms with Crippen molar-refractivity contribution in [1.29, 1.82) is 0 Å². The summed E-state index contributed by atoms with van der Waals surface area (Å²) in [6, 6.07) is 24.4. The molecule has 0 saturated carbocycles. The number of furan rings is 1. The van der Waals surface area contributed by atoms with Crippen LogP contribution in [-0.4, -0.2) is 5.91 Å². The number of amides is 1. The third-order valence-electron chi connectivity index (χ3n) is 3.99. The Labute approximate surface area is 151 Å². The standard InChI is InChI=1S/C22H17NO3/c1-15-7-8-16-14-21(26-20(16)13-15)22(24)23-17-9-11-19(12-10-17)25-18-5-3-2-4-6-18/h2-14H,1H3,(H,23,24). The largest absolute Gasteiger partial charge is 0.457 e. The predicted octanol–water partition coefficient (Wildman–Crippen LogP) is 5.79. The van der Waals surface area contributed by atoms with E-state index in [0.29, 0.717) is 17.0 Å². The summed E-state index contributed by atoms with van der Waals surface area (Å²) in [7, 11) is 0. The Kier molecular flexibility index (Phi) is 4.15. The Morgan fingerprint density at radius 3 is 2.38 bits per heavy atom. The quantitative estimate of drug-likeness (QED) is 0.510. The van der Waals surface area contributed by atoms with Crippen molar-refractivity contribution < 1.29 is 13.9 Å². The van der Waals surface area contributed by atoms with Crippen molar-refractivity contribution >= 4 is 22.6 Å². The first-order valence-electron chi connectivity index (χ1n) is 8.32. The van der Waals surface area contributed by atoms with Gasteiger partial charge in [0, 0.05) is 11.1 Å². The fourth-order valence-corrected chi connectivity index (χ4v) is 2.67. The summed E-state index contributed by atoms with van der Waals surface area (Å²) >= 11 is 0. The number of hydrogen-bond acceptors (Lipinski definition) is 3. The molecule has 4 aromatic rings. The minimum absolute atomic E-state index is 0.282. The molecule has 0 radical (unpaired) electrons. The van der Waals surface area contributed by atoms with Gasteiger partial charge in [0.1, 0.15) is 17.1 Å². The third-order valence-corrected chi connectivity index (χ3v) is 3.99. The fourth-order valence-electron chi connectivity index (χ4n) is 2.67. The van der Waals surface area contributed by atoms with Crippen LogP contribution in [0.5, 0.6) is 11.5 Å². The molecular formula is C22H17NO3. The topological polar surface area (TPSA) is 51.5 Å². The van der Waals surface area contributed by atoms with E-state index in [1.165, 1.54) is 0 Å². The minimum Gasteiger partial charge on any atom is -0.457 e. The molecule has 0 aliphatic rings. The SMILES string of the molecule is Cc1ccc2cc(C(=O)Nc3ccc(Oc4ccccc4)cc3)oc2c1. The molecule has 4 rings (SSSR count). The number of anilines is 1. The molecular weight excluding hydrogens is 326 g/mol. The monoisotopic (exact) mass is 343 g/mol. The van der Waals surface area contributed by atoms with Crippen molar-refractivity contribution in [2.75, 3.05) is 5.32 Å². The lowest BCUT2D eigenvalue weighted by Crippen LogP contribution is -2.10. The Hall–Kier alpha value is -3.53. The lowest BCUT2D eigenvalue weighted by Gasteiger charge is -2.07. The predicted molar refractivity (Wildman–Crippen MR) is 102 cm³/mol. The molecule has 4 heteroatoms. The highest BCUT2D eigenvalue weighted by Crippen LogP contribution is 2.24. The second-order valence-corrected chi connectivity index (χ2v) is 6.05. The zero-order chi connectivity index (χ0) is 17.9. The summed E-state index contributed by atoms with van der Waals surface area (Å²) in [4.78, 5) is 12.4. The molecule has 1 aromatic heterocycles. The lowest BCUT2D eigenvalue weighted by molar-refractivity contribution is 0.0998. The number of rotatable bonds is 4. The smallest absolute Gasteiger partial charge is 0.291 e. The average molecular weight is 343 g/mol. The van der Waals surface area contributed by atoms with Crippen LogP contribution in [0.15, 0.2) is 83.3 Å². The van der Waals surface area contributed by atoms with Gasteiger partial charge in [0.2, 0.25) is 0 Å². The number of benzene rings is 3. The molecule has 128 valence electrons. The molecule has 0 aliphatic carbocycles. The van der Waals surface area contributed by atoms with Crippen LogP contribution >= 0.6 is 0 Å². The van der Waals surface area contributed by atoms with Crippen LogP contribution in [-0.2, 0) is 0 Å². The summed E-state index contributed by atoms with van der Waals surface area (Å²) in [5, 5.41) is 3.75. The lowest BCUT2D eigenvalue weighted by atomic mass is 10.2. The van der Waals surface area contributed by atoms with Gasteiger partial charge in [-0.25, -0.2) is 0 Å². The number of hydrogen-bond donors (Lipinski definition) is 1. The highest BCUT2D eigenvalue weighted by atomic mass is 16.5. The van der Waals surface area contributed by atoms with E-state index in [1.807, 2.05) is 67.6 Å². The highest BCUT2D eigenvalue weighted by Gasteiger charge is 2.12. The number of nitrogens with one attached hydrogen (secondary N) is 1. The van der Waals surface area contributed by atoms with Crippen LogP contribution in [0.4, 0.5) is 5.69 Å². The maximum absolute atomic E-state index is 12.4. The number of carbonyl (C=O) groups excluding carboxylic acids is 1. The summed E-state index contributed by atoms with van der Waals surface area (Å²) in [5.74, 6) is 1.47. The van der Waals surface area contributed by atoms with Gasteiger partial charge in [-0.1, -0.05) is 30.3 Å². The van der Waals surface area contributed by atoms with Crippen molar-refractivity contribution in [2.24, 2.45) is 0 Å². The molecule has 0 aliphatic heterocycles. The maximum Gasteiger partial charge on any atom is 0.291 e. The van der Waals surface area contributed by atoms with Crippen LogP contribution in [0.3, 0.4) is 0 Å². The number of para-hydroxylation sites is 1. The number of aryl methyl sites for hydroxylation is 1. The van der Waals surface area contributed by atoms with E-state index in [2.05, 4.69) is 5.32 Å². The fraction of sp³-hybridized carbons (Fsp3) is 0.0455. The second-order valence-electron chi connectivity index (χ2n) is 6.05. The summed E-state index contributed by atoms with van der Waals surface area (Å²) in [6.07, 6.45) is 0. The average Bonchev–Trinajstić information content (AvgIpc) is 3.07. The Bertz CT molecular complexity index is 1050. The van der Waals surface area contributed by atoms with E-state index in [9.17, 15) is 4.79 Å². The summed E-state index contributed by atoms with van der Waals surface area (Å²) in [5.41, 5.74) is 2.47. The summed E-state index contributed by atoms with van der Waals surface area (Å²) in [6.45, 7) is 1.99. The Balaban J connectivity index is 1.46. The van der Waals surface area contributed by atoms with Crippen molar-refractivity contribution in [3.63, 3.8) is 0 Å². The second kappa shape index (κ2) is 6.76. The highest BCUT2D eigenvalue weighted by molar-refractivity contribution is 6.04. The van der Waals surface area contributed by atoms with E-state index in [0.717, 1.165) is 16.7 Å². The number of carbonyl (C=O) groups is 1. The van der Waals surface area contributed by atoms with Gasteiger partial charge in [-0.2, -0.15) is 0 Å². The molecule has 0 saturated heterocycles. The first-order chi connectivity index (χ1) is 12.7. The van der Waals surface area contributed by atoms with Crippen molar-refractivity contribution in [1.82, 2.24) is 0 Å². The Morgan fingerprint density at radius 1 is 0.885 bits per heavy atom. The van der Waals surface area contributed by atoms with Crippen LogP contribution in [0.2, 0.25) is 0 Å². The van der Waals surface area contributed by atoms with Crippen molar-refractivity contribution in [3.8, 4) is 11.5 Å². The molecule has 0 spiro atoms. The molecule has 1 N–H and O–H groups in total. The molecule has 0 unspecified atom stereocenters. The molecule has 1 heterocycles.